The minimum absolute atomic E-state index is 0.142. The molecule has 5 nitrogen and oxygen atoms in total. The van der Waals surface area contributed by atoms with Crippen LogP contribution in [0.25, 0.3) is 0 Å². The third-order valence-corrected chi connectivity index (χ3v) is 4.81. The molecule has 0 aromatic heterocycles. The summed E-state index contributed by atoms with van der Waals surface area (Å²) in [5.74, 6) is -0.775. The summed E-state index contributed by atoms with van der Waals surface area (Å²) >= 11 is 0. The molecule has 0 spiro atoms. The summed E-state index contributed by atoms with van der Waals surface area (Å²) in [6.45, 7) is 5.51. The largest absolute Gasteiger partial charge is 0.481 e. The Morgan fingerprint density at radius 2 is 1.67 bits per heavy atom. The lowest BCUT2D eigenvalue weighted by Crippen LogP contribution is -2.57. The summed E-state index contributed by atoms with van der Waals surface area (Å²) in [4.78, 5) is 23.4. The fourth-order valence-corrected chi connectivity index (χ4v) is 3.71. The zero-order valence-corrected chi connectivity index (χ0v) is 13.3. The number of hydrogen-bond acceptors (Lipinski definition) is 3. The first-order valence-electron chi connectivity index (χ1n) is 7.91. The average Bonchev–Trinajstić information content (AvgIpc) is 3.07. The Morgan fingerprint density at radius 3 is 2.10 bits per heavy atom. The third-order valence-electron chi connectivity index (χ3n) is 4.81. The molecule has 0 radical (unpaired) electrons. The first-order valence-corrected chi connectivity index (χ1v) is 7.91. The summed E-state index contributed by atoms with van der Waals surface area (Å²) in [6.07, 6.45) is 6.45. The van der Waals surface area contributed by atoms with Crippen LogP contribution in [-0.4, -0.2) is 28.3 Å². The van der Waals surface area contributed by atoms with Crippen LogP contribution in [0.5, 0.6) is 0 Å². The van der Waals surface area contributed by atoms with E-state index in [1.165, 1.54) is 0 Å². The van der Waals surface area contributed by atoms with Crippen molar-refractivity contribution in [3.05, 3.63) is 0 Å². The number of carbonyl (C=O) groups is 2. The number of carbonyl (C=O) groups excluding carboxylic acids is 1. The van der Waals surface area contributed by atoms with Crippen molar-refractivity contribution in [3.8, 4) is 0 Å². The zero-order valence-electron chi connectivity index (χ0n) is 13.3. The normalized spacial score (nSPS) is 23.2. The standard InChI is InChI=1S/C16H27NO4/c1-14(2,3)21-13(20)17-16(7-5-4-6-8-16)15(9-10-15)11-12(18)19/h4-11H2,1-3H3,(H,17,20)(H,18,19). The van der Waals surface area contributed by atoms with Gasteiger partial charge in [0.15, 0.2) is 0 Å². The number of carboxylic acid groups (broad SMARTS) is 1. The lowest BCUT2D eigenvalue weighted by Gasteiger charge is -2.44. The quantitative estimate of drug-likeness (QED) is 0.833. The van der Waals surface area contributed by atoms with E-state index in [4.69, 9.17) is 4.74 Å². The van der Waals surface area contributed by atoms with Crippen LogP contribution in [-0.2, 0) is 9.53 Å². The molecule has 2 saturated carbocycles. The molecule has 0 aromatic carbocycles. The SMILES string of the molecule is CC(C)(C)OC(=O)NC1(C2(CC(=O)O)CC2)CCCCC1. The molecule has 21 heavy (non-hydrogen) atoms. The van der Waals surface area contributed by atoms with Crippen LogP contribution < -0.4 is 5.32 Å². The topological polar surface area (TPSA) is 75.6 Å². The summed E-state index contributed by atoms with van der Waals surface area (Å²) in [5.41, 5.74) is -1.20. The van der Waals surface area contributed by atoms with E-state index >= 15 is 0 Å². The molecule has 0 aromatic rings. The van der Waals surface area contributed by atoms with Gasteiger partial charge in [0.1, 0.15) is 5.60 Å². The molecule has 0 heterocycles. The Bertz CT molecular complexity index is 414. The van der Waals surface area contributed by atoms with Gasteiger partial charge in [-0.15, -0.1) is 0 Å². The second-order valence-electron chi connectivity index (χ2n) is 7.62. The maximum atomic E-state index is 12.2. The first-order chi connectivity index (χ1) is 9.68. The molecule has 5 heteroatoms. The Labute approximate surface area is 126 Å². The Kier molecular flexibility index (Phi) is 4.22. The predicted molar refractivity (Wildman–Crippen MR) is 79.1 cm³/mol. The number of amides is 1. The molecule has 0 bridgehead atoms. The van der Waals surface area contributed by atoms with E-state index in [1.807, 2.05) is 20.8 Å². The highest BCUT2D eigenvalue weighted by Crippen LogP contribution is 2.61. The van der Waals surface area contributed by atoms with E-state index < -0.39 is 23.2 Å². The molecule has 0 unspecified atom stereocenters. The number of aliphatic carboxylic acids is 1. The monoisotopic (exact) mass is 297 g/mol. The van der Waals surface area contributed by atoms with Crippen molar-refractivity contribution < 1.29 is 19.4 Å². The highest BCUT2D eigenvalue weighted by atomic mass is 16.6. The molecule has 2 N–H and O–H groups in total. The predicted octanol–water partition coefficient (Wildman–Crippen LogP) is 3.47. The molecule has 2 aliphatic carbocycles. The van der Waals surface area contributed by atoms with Crippen LogP contribution in [0, 0.1) is 5.41 Å². The van der Waals surface area contributed by atoms with E-state index in [0.29, 0.717) is 0 Å². The van der Waals surface area contributed by atoms with E-state index in [9.17, 15) is 14.7 Å². The van der Waals surface area contributed by atoms with Crippen molar-refractivity contribution in [1.29, 1.82) is 0 Å². The summed E-state index contributed by atoms with van der Waals surface area (Å²) < 4.78 is 5.40. The van der Waals surface area contributed by atoms with E-state index in [-0.39, 0.29) is 11.8 Å². The molecule has 0 atom stereocenters. The Hall–Kier alpha value is -1.26. The van der Waals surface area contributed by atoms with Gasteiger partial charge in [-0.1, -0.05) is 19.3 Å². The Balaban J connectivity index is 2.14. The van der Waals surface area contributed by atoms with Gasteiger partial charge in [0.2, 0.25) is 0 Å². The number of nitrogens with one attached hydrogen (secondary N) is 1. The van der Waals surface area contributed by atoms with Crippen LogP contribution in [0.15, 0.2) is 0 Å². The lowest BCUT2D eigenvalue weighted by atomic mass is 9.69. The van der Waals surface area contributed by atoms with Crippen molar-refractivity contribution in [1.82, 2.24) is 5.32 Å². The van der Waals surface area contributed by atoms with Gasteiger partial charge in [-0.05, 0) is 46.5 Å². The number of carboxylic acids is 1. The summed E-state index contributed by atoms with van der Waals surface area (Å²) in [7, 11) is 0. The van der Waals surface area contributed by atoms with Gasteiger partial charge in [0, 0.05) is 11.0 Å². The molecule has 0 saturated heterocycles. The lowest BCUT2D eigenvalue weighted by molar-refractivity contribution is -0.139. The number of alkyl carbamates (subject to hydrolysis) is 1. The molecular weight excluding hydrogens is 270 g/mol. The van der Waals surface area contributed by atoms with Gasteiger partial charge in [0.25, 0.3) is 0 Å². The van der Waals surface area contributed by atoms with Crippen molar-refractivity contribution in [2.24, 2.45) is 5.41 Å². The van der Waals surface area contributed by atoms with Crippen LogP contribution >= 0.6 is 0 Å². The minimum atomic E-state index is -0.775. The van der Waals surface area contributed by atoms with Gasteiger partial charge in [0.05, 0.1) is 6.42 Å². The number of rotatable bonds is 4. The van der Waals surface area contributed by atoms with Gasteiger partial charge >= 0.3 is 12.1 Å². The van der Waals surface area contributed by atoms with Gasteiger partial charge < -0.3 is 15.2 Å². The molecule has 1 amide bonds. The highest BCUT2D eigenvalue weighted by molar-refractivity contribution is 5.71. The molecule has 0 aliphatic heterocycles. The third kappa shape index (κ3) is 3.69. The molecule has 2 aliphatic rings. The smallest absolute Gasteiger partial charge is 0.408 e. The molecule has 2 rings (SSSR count). The van der Waals surface area contributed by atoms with Crippen molar-refractivity contribution >= 4 is 12.1 Å². The molecular formula is C16H27NO4. The fraction of sp³-hybridized carbons (Fsp3) is 0.875. The van der Waals surface area contributed by atoms with Crippen molar-refractivity contribution in [2.45, 2.75) is 83.3 Å². The van der Waals surface area contributed by atoms with Crippen molar-refractivity contribution in [3.63, 3.8) is 0 Å². The van der Waals surface area contributed by atoms with Crippen LogP contribution in [0.4, 0.5) is 4.79 Å². The van der Waals surface area contributed by atoms with Gasteiger partial charge in [-0.3, -0.25) is 4.79 Å². The second-order valence-corrected chi connectivity index (χ2v) is 7.62. The first kappa shape index (κ1) is 16.1. The van der Waals surface area contributed by atoms with Crippen molar-refractivity contribution in [2.75, 3.05) is 0 Å². The Morgan fingerprint density at radius 1 is 1.10 bits per heavy atom. The van der Waals surface area contributed by atoms with E-state index in [0.717, 1.165) is 44.9 Å². The molecule has 2 fully saturated rings. The fourth-order valence-electron chi connectivity index (χ4n) is 3.71. The van der Waals surface area contributed by atoms with Gasteiger partial charge in [-0.25, -0.2) is 4.79 Å². The highest BCUT2D eigenvalue weighted by Gasteiger charge is 2.60. The van der Waals surface area contributed by atoms with Crippen LogP contribution in [0.3, 0.4) is 0 Å². The van der Waals surface area contributed by atoms with Crippen LogP contribution in [0.2, 0.25) is 0 Å². The zero-order chi connectivity index (χ0) is 15.7. The van der Waals surface area contributed by atoms with E-state index in [2.05, 4.69) is 5.32 Å². The average molecular weight is 297 g/mol. The van der Waals surface area contributed by atoms with E-state index in [1.54, 1.807) is 0 Å². The second kappa shape index (κ2) is 5.50. The maximum absolute atomic E-state index is 12.2. The number of ether oxygens (including phenoxy) is 1. The maximum Gasteiger partial charge on any atom is 0.408 e. The molecule has 120 valence electrons. The van der Waals surface area contributed by atoms with Gasteiger partial charge in [-0.2, -0.15) is 0 Å². The number of hydrogen-bond donors (Lipinski definition) is 2. The summed E-state index contributed by atoms with van der Waals surface area (Å²) in [5, 5.41) is 12.3. The van der Waals surface area contributed by atoms with Crippen LogP contribution in [0.1, 0.15) is 72.1 Å². The summed E-state index contributed by atoms with van der Waals surface area (Å²) in [6, 6.07) is 0. The minimum Gasteiger partial charge on any atom is -0.481 e.